The van der Waals surface area contributed by atoms with Gasteiger partial charge in [0, 0.05) is 39.6 Å². The number of ether oxygens (including phenoxy) is 8. The van der Waals surface area contributed by atoms with Crippen LogP contribution >= 0.6 is 0 Å². The zero-order chi connectivity index (χ0) is 44.3. The van der Waals surface area contributed by atoms with Gasteiger partial charge in [-0.2, -0.15) is 0 Å². The molecule has 0 aromatic carbocycles. The fourth-order valence-corrected chi connectivity index (χ4v) is 9.34. The lowest BCUT2D eigenvalue weighted by Gasteiger charge is -2.47. The second-order valence-corrected chi connectivity index (χ2v) is 17.7. The molecular weight excluding hydrogens is 776 g/mol. The highest BCUT2D eigenvalue weighted by Crippen LogP contribution is 2.35. The van der Waals surface area contributed by atoms with E-state index in [1.54, 1.807) is 38.9 Å². The lowest BCUT2D eigenvalue weighted by Crippen LogP contribution is -2.63. The van der Waals surface area contributed by atoms with E-state index in [4.69, 9.17) is 37.9 Å². The lowest BCUT2D eigenvalue weighted by atomic mass is 9.82. The molecule has 17 atom stereocenters. The minimum absolute atomic E-state index is 0.00426. The van der Waals surface area contributed by atoms with E-state index in [0.717, 1.165) is 38.0 Å². The molecule has 4 aliphatic heterocycles. The number of ketones is 1. The van der Waals surface area contributed by atoms with Crippen molar-refractivity contribution in [3.8, 4) is 0 Å². The Morgan fingerprint density at radius 1 is 0.850 bits per heavy atom. The van der Waals surface area contributed by atoms with Crippen molar-refractivity contribution < 1.29 is 63.1 Å². The van der Waals surface area contributed by atoms with Gasteiger partial charge in [0.25, 0.3) is 0 Å². The number of likely N-dealkylation sites (tertiary alicyclic amines) is 1. The molecule has 3 saturated heterocycles. The Morgan fingerprint density at radius 2 is 1.48 bits per heavy atom. The van der Waals surface area contributed by atoms with Gasteiger partial charge >= 0.3 is 0 Å². The van der Waals surface area contributed by atoms with Crippen molar-refractivity contribution in [3.63, 3.8) is 0 Å². The van der Waals surface area contributed by atoms with Crippen molar-refractivity contribution in [2.24, 2.45) is 17.8 Å². The van der Waals surface area contributed by atoms with Crippen LogP contribution in [0.2, 0.25) is 0 Å². The van der Waals surface area contributed by atoms with Gasteiger partial charge in [-0.3, -0.25) is 4.79 Å². The van der Waals surface area contributed by atoms with Gasteiger partial charge in [-0.15, -0.1) is 0 Å². The smallest absolute Gasteiger partial charge is 0.186 e. The molecule has 15 nitrogen and oxygen atoms in total. The van der Waals surface area contributed by atoms with Crippen molar-refractivity contribution in [1.29, 1.82) is 0 Å². The van der Waals surface area contributed by atoms with Gasteiger partial charge in [0.05, 0.1) is 48.9 Å². The largest absolute Gasteiger partial charge is 0.495 e. The highest BCUT2D eigenvalue weighted by molar-refractivity contribution is 5.91. The molecule has 0 spiro atoms. The molecule has 17 unspecified atom stereocenters. The van der Waals surface area contributed by atoms with Crippen LogP contribution in [0.5, 0.6) is 0 Å². The minimum atomic E-state index is -1.23. The maximum Gasteiger partial charge on any atom is 0.186 e. The van der Waals surface area contributed by atoms with Crippen LogP contribution in [0.25, 0.3) is 0 Å². The maximum absolute atomic E-state index is 14.0. The van der Waals surface area contributed by atoms with Gasteiger partial charge in [0.1, 0.15) is 36.6 Å². The number of hydrogen-bond acceptors (Lipinski definition) is 15. The minimum Gasteiger partial charge on any atom is -0.495 e. The summed E-state index contributed by atoms with van der Waals surface area (Å²) < 4.78 is 49.3. The van der Waals surface area contributed by atoms with Gasteiger partial charge in [0.2, 0.25) is 0 Å². The number of aliphatic hydroxyl groups excluding tert-OH is 4. The first kappa shape index (κ1) is 50.8. The van der Waals surface area contributed by atoms with E-state index in [9.17, 15) is 25.2 Å². The predicted molar refractivity (Wildman–Crippen MR) is 226 cm³/mol. The monoisotopic (exact) mass is 855 g/mol. The molecule has 4 aliphatic rings. The summed E-state index contributed by atoms with van der Waals surface area (Å²) in [6.07, 6.45) is -0.641. The van der Waals surface area contributed by atoms with Gasteiger partial charge < -0.3 is 68.1 Å². The van der Waals surface area contributed by atoms with Crippen molar-refractivity contribution in [2.45, 2.75) is 165 Å². The maximum atomic E-state index is 14.0. The van der Waals surface area contributed by atoms with Gasteiger partial charge in [-0.25, -0.2) is 0 Å². The molecule has 3 fully saturated rings. The number of carbonyl (C=O) groups excluding carboxylic acids is 1. The lowest BCUT2D eigenvalue weighted by molar-refractivity contribution is -0.310. The Bertz CT molecular complexity index is 1380. The summed E-state index contributed by atoms with van der Waals surface area (Å²) in [5, 5.41) is 45.4. The number of carbonyl (C=O) groups is 1. The summed E-state index contributed by atoms with van der Waals surface area (Å²) >= 11 is 0. The van der Waals surface area contributed by atoms with Gasteiger partial charge in [0.15, 0.2) is 18.4 Å². The van der Waals surface area contributed by atoms with Crippen LogP contribution in [0.15, 0.2) is 36.1 Å². The van der Waals surface area contributed by atoms with E-state index in [1.165, 1.54) is 27.8 Å². The van der Waals surface area contributed by atoms with Crippen LogP contribution in [0.1, 0.15) is 79.6 Å². The third-order valence-corrected chi connectivity index (χ3v) is 12.9. The van der Waals surface area contributed by atoms with E-state index in [1.807, 2.05) is 32.9 Å². The summed E-state index contributed by atoms with van der Waals surface area (Å²) in [4.78, 5) is 18.1. The summed E-state index contributed by atoms with van der Waals surface area (Å²) in [6.45, 7) is 16.4. The number of rotatable bonds is 13. The number of hydrogen-bond donors (Lipinski definition) is 4. The number of allylic oxidation sites excluding steroid dienone is 3. The van der Waals surface area contributed by atoms with Gasteiger partial charge in [-0.1, -0.05) is 44.6 Å². The summed E-state index contributed by atoms with van der Waals surface area (Å²) in [6, 6.07) is -0.679. The van der Waals surface area contributed by atoms with E-state index in [-0.39, 0.29) is 30.6 Å². The number of likely N-dealkylation sites (N-methyl/N-ethyl adjacent to an activating group) is 1. The molecule has 60 heavy (non-hydrogen) atoms. The van der Waals surface area contributed by atoms with Crippen LogP contribution in [0.4, 0.5) is 0 Å². The molecule has 4 N–H and O–H groups in total. The molecule has 346 valence electrons. The van der Waals surface area contributed by atoms with E-state index in [0.29, 0.717) is 25.0 Å². The van der Waals surface area contributed by atoms with Crippen molar-refractivity contribution in [3.05, 3.63) is 36.1 Å². The van der Waals surface area contributed by atoms with Crippen LogP contribution in [0, 0.1) is 17.8 Å². The van der Waals surface area contributed by atoms with Crippen molar-refractivity contribution in [1.82, 2.24) is 9.80 Å². The molecular formula is C45H78N2O13. The molecule has 0 aromatic rings. The zero-order valence-electron chi connectivity index (χ0n) is 37.9. The average molecular weight is 855 g/mol. The number of methoxy groups -OCH3 is 3. The molecule has 0 amide bonds. The normalized spacial score (nSPS) is 42.4. The Hall–Kier alpha value is -1.83. The second kappa shape index (κ2) is 24.3. The molecule has 4 heterocycles. The first-order valence-corrected chi connectivity index (χ1v) is 22.1. The average Bonchev–Trinajstić information content (AvgIpc) is 3.21. The zero-order valence-corrected chi connectivity index (χ0v) is 37.9. The summed E-state index contributed by atoms with van der Waals surface area (Å²) in [5.74, 6) is -0.828. The predicted octanol–water partition coefficient (Wildman–Crippen LogP) is 3.22. The molecule has 0 bridgehead atoms. The third kappa shape index (κ3) is 13.3. The van der Waals surface area contributed by atoms with Crippen LogP contribution in [-0.4, -0.2) is 183 Å². The topological polar surface area (TPSA) is 178 Å². The Balaban J connectivity index is 1.70. The van der Waals surface area contributed by atoms with Crippen molar-refractivity contribution >= 4 is 5.78 Å². The second-order valence-electron chi connectivity index (χ2n) is 17.7. The highest BCUT2D eigenvalue weighted by atomic mass is 16.7. The third-order valence-electron chi connectivity index (χ3n) is 12.9. The Morgan fingerprint density at radius 3 is 2.10 bits per heavy atom. The fourth-order valence-electron chi connectivity index (χ4n) is 9.34. The molecule has 0 radical (unpaired) electrons. The SMILES string of the molecule is C=C1CC(O)C(OC)C(OC2OC(C)C(O)C(N(C)C)C2O)C(CCN2CCCCC2)CC(C)C(=O)/C=C/C(C)=C/C(COC2OC(C)C(O)C(OC)C2OC)C(CC)O1. The number of aliphatic hydroxyl groups is 4. The highest BCUT2D eigenvalue weighted by Gasteiger charge is 2.48. The van der Waals surface area contributed by atoms with Crippen LogP contribution in [-0.2, 0) is 42.7 Å². The van der Waals surface area contributed by atoms with E-state index >= 15 is 0 Å². The van der Waals surface area contributed by atoms with Crippen LogP contribution in [0.3, 0.4) is 0 Å². The van der Waals surface area contributed by atoms with Crippen molar-refractivity contribution in [2.75, 3.05) is 61.7 Å². The quantitative estimate of drug-likeness (QED) is 0.212. The summed E-state index contributed by atoms with van der Waals surface area (Å²) in [5.41, 5.74) is 0.827. The number of nitrogens with zero attached hydrogens (tertiary/aromatic N) is 2. The molecule has 0 saturated carbocycles. The standard InChI is InChI=1S/C45H78N2O13/c1-12-35-32(25-56-45-43(55-11)42(54-10)38(51)30(6)59-45)22-26(2)16-17-33(48)27(3)23-31(18-21-47-19-14-13-15-20-47)40(41(53-9)34(49)24-28(4)57-35)60-44-39(52)36(46(7)8)37(50)29(5)58-44/h16-17,22,27,29-32,34-45,49-52H,4,12-15,18-21,23-25H2,1-3,5-11H3/b17-16+,26-22+. The first-order chi connectivity index (χ1) is 28.5. The Kier molecular flexibility index (Phi) is 20.6. The molecule has 15 heteroatoms. The summed E-state index contributed by atoms with van der Waals surface area (Å²) in [7, 11) is 8.11. The van der Waals surface area contributed by atoms with E-state index in [2.05, 4.69) is 11.5 Å². The van der Waals surface area contributed by atoms with Crippen LogP contribution < -0.4 is 0 Å². The molecule has 0 aliphatic carbocycles. The van der Waals surface area contributed by atoms with E-state index < -0.39 is 91.7 Å². The number of piperidine rings is 1. The molecule has 0 aromatic heterocycles. The Labute approximate surface area is 358 Å². The molecule has 4 rings (SSSR count). The van der Waals surface area contributed by atoms with Gasteiger partial charge in [-0.05, 0) is 98.6 Å². The fraction of sp³-hybridized carbons (Fsp3) is 0.844. The first-order valence-electron chi connectivity index (χ1n) is 22.1.